The van der Waals surface area contributed by atoms with Crippen LogP contribution in [0.2, 0.25) is 0 Å². The van der Waals surface area contributed by atoms with Gasteiger partial charge in [-0.2, -0.15) is 15.3 Å². The summed E-state index contributed by atoms with van der Waals surface area (Å²) in [6.45, 7) is 3.06. The maximum absolute atomic E-state index is 14.1. The van der Waals surface area contributed by atoms with Gasteiger partial charge in [0.1, 0.15) is 23.5 Å². The van der Waals surface area contributed by atoms with Crippen LogP contribution in [0, 0.1) is 30.0 Å². The lowest BCUT2D eigenvalue weighted by Crippen LogP contribution is -2.41. The largest absolute Gasteiger partial charge is 0.368 e. The minimum Gasteiger partial charge on any atom is -0.368 e. The molecule has 0 radical (unpaired) electrons. The van der Waals surface area contributed by atoms with Gasteiger partial charge < -0.3 is 16.0 Å². The molecular formula is C22H23FN8O. The molecule has 164 valence electrons. The minimum atomic E-state index is -0.621. The highest BCUT2D eigenvalue weighted by Gasteiger charge is 2.28. The number of hydrogen-bond donors (Lipinski definition) is 2. The van der Waals surface area contributed by atoms with Crippen molar-refractivity contribution in [2.75, 3.05) is 29.0 Å². The van der Waals surface area contributed by atoms with Gasteiger partial charge in [0.05, 0.1) is 22.9 Å². The van der Waals surface area contributed by atoms with Crippen LogP contribution in [0.15, 0.2) is 30.3 Å². The number of piperidine rings is 1. The summed E-state index contributed by atoms with van der Waals surface area (Å²) in [5.41, 5.74) is 7.67. The van der Waals surface area contributed by atoms with E-state index in [0.29, 0.717) is 36.0 Å². The number of carbonyl (C=O) groups excluding carboxylic acids is 1. The third-order valence-electron chi connectivity index (χ3n) is 5.48. The van der Waals surface area contributed by atoms with Gasteiger partial charge in [-0.15, -0.1) is 0 Å². The second-order valence-corrected chi connectivity index (χ2v) is 7.84. The Morgan fingerprint density at radius 1 is 1.31 bits per heavy atom. The van der Waals surface area contributed by atoms with Gasteiger partial charge >= 0.3 is 0 Å². The third-order valence-corrected chi connectivity index (χ3v) is 5.48. The predicted octanol–water partition coefficient (Wildman–Crippen LogP) is 2.63. The van der Waals surface area contributed by atoms with Gasteiger partial charge in [0.15, 0.2) is 0 Å². The number of nitrogen functional groups attached to an aromatic ring is 1. The molecule has 9 nitrogen and oxygen atoms in total. The van der Waals surface area contributed by atoms with Crippen molar-refractivity contribution in [3.8, 4) is 17.3 Å². The molecule has 0 spiro atoms. The molecule has 1 unspecified atom stereocenters. The summed E-state index contributed by atoms with van der Waals surface area (Å²) in [6.07, 6.45) is 1.57. The van der Waals surface area contributed by atoms with Crippen LogP contribution in [0.5, 0.6) is 0 Å². The molecule has 1 fully saturated rings. The second-order valence-electron chi connectivity index (χ2n) is 7.84. The van der Waals surface area contributed by atoms with E-state index >= 15 is 0 Å². The van der Waals surface area contributed by atoms with Crippen molar-refractivity contribution < 1.29 is 9.18 Å². The molecule has 1 aromatic carbocycles. The molecule has 4 rings (SSSR count). The number of hydrogen-bond acceptors (Lipinski definition) is 7. The minimum absolute atomic E-state index is 0.0375. The zero-order valence-corrected chi connectivity index (χ0v) is 17.8. The van der Waals surface area contributed by atoms with Crippen molar-refractivity contribution in [1.82, 2.24) is 19.7 Å². The second kappa shape index (κ2) is 8.63. The van der Waals surface area contributed by atoms with Crippen molar-refractivity contribution >= 4 is 23.5 Å². The van der Waals surface area contributed by atoms with E-state index in [2.05, 4.69) is 20.4 Å². The van der Waals surface area contributed by atoms with Crippen molar-refractivity contribution in [2.45, 2.75) is 19.8 Å². The highest BCUT2D eigenvalue weighted by atomic mass is 19.1. The Bertz CT molecular complexity index is 1220. The number of nitrogens with zero attached hydrogens (tertiary/aromatic N) is 6. The van der Waals surface area contributed by atoms with Crippen molar-refractivity contribution in [3.05, 3.63) is 47.4 Å². The summed E-state index contributed by atoms with van der Waals surface area (Å²) in [5, 5.41) is 16.1. The van der Waals surface area contributed by atoms with E-state index in [1.54, 1.807) is 29.9 Å². The summed E-state index contributed by atoms with van der Waals surface area (Å²) in [4.78, 5) is 23.4. The van der Waals surface area contributed by atoms with Gasteiger partial charge in [-0.3, -0.25) is 9.48 Å². The molecule has 32 heavy (non-hydrogen) atoms. The third kappa shape index (κ3) is 4.37. The Hall–Kier alpha value is -4.00. The lowest BCUT2D eigenvalue weighted by molar-refractivity contribution is -0.120. The van der Waals surface area contributed by atoms with Crippen molar-refractivity contribution in [1.29, 1.82) is 5.26 Å². The fraction of sp³-hybridized carbons (Fsp3) is 0.318. The van der Waals surface area contributed by atoms with Gasteiger partial charge in [-0.25, -0.2) is 9.37 Å². The molecule has 0 saturated carbocycles. The standard InChI is InChI=1S/C22H23FN8O/c1-13-8-19(30(2)29-13)27-21(32)16-4-3-7-31(12-16)20-10-18(26-22(25)28-20)14-5-6-15(11-24)17(23)9-14/h5-6,8-10,16H,3-4,7,12H2,1-2H3,(H,27,32)(H2,25,26,28). The number of benzene rings is 1. The molecule has 2 aromatic heterocycles. The molecule has 1 amide bonds. The summed E-state index contributed by atoms with van der Waals surface area (Å²) in [6, 6.07) is 9.64. The lowest BCUT2D eigenvalue weighted by Gasteiger charge is -2.33. The molecule has 1 saturated heterocycles. The van der Waals surface area contributed by atoms with Gasteiger partial charge in [0.25, 0.3) is 0 Å². The summed E-state index contributed by atoms with van der Waals surface area (Å²) < 4.78 is 15.7. The number of halogens is 1. The van der Waals surface area contributed by atoms with Crippen LogP contribution in [0.25, 0.3) is 11.3 Å². The molecule has 1 aliphatic rings. The fourth-order valence-corrected chi connectivity index (χ4v) is 3.88. The Balaban J connectivity index is 1.54. The first-order valence-electron chi connectivity index (χ1n) is 10.2. The SMILES string of the molecule is Cc1cc(NC(=O)C2CCCN(c3cc(-c4ccc(C#N)c(F)c4)nc(N)n3)C2)n(C)n1. The van der Waals surface area contributed by atoms with Crippen LogP contribution in [-0.2, 0) is 11.8 Å². The molecule has 10 heteroatoms. The van der Waals surface area contributed by atoms with Gasteiger partial charge in [-0.05, 0) is 31.9 Å². The Kier molecular flexibility index (Phi) is 5.73. The van der Waals surface area contributed by atoms with Crippen molar-refractivity contribution in [3.63, 3.8) is 0 Å². The van der Waals surface area contributed by atoms with Crippen LogP contribution in [0.3, 0.4) is 0 Å². The number of carbonyl (C=O) groups is 1. The van der Waals surface area contributed by atoms with Crippen LogP contribution in [-0.4, -0.2) is 38.7 Å². The first-order chi connectivity index (χ1) is 15.3. The maximum atomic E-state index is 14.1. The van der Waals surface area contributed by atoms with E-state index in [4.69, 9.17) is 11.0 Å². The van der Waals surface area contributed by atoms with E-state index in [-0.39, 0.29) is 23.3 Å². The number of nitrogens with one attached hydrogen (secondary N) is 1. The lowest BCUT2D eigenvalue weighted by atomic mass is 9.97. The molecule has 0 aliphatic carbocycles. The molecule has 3 aromatic rings. The number of nitriles is 1. The average Bonchev–Trinajstić information content (AvgIpc) is 3.09. The Morgan fingerprint density at radius 3 is 2.81 bits per heavy atom. The predicted molar refractivity (Wildman–Crippen MR) is 118 cm³/mol. The number of amides is 1. The van der Waals surface area contributed by atoms with Gasteiger partial charge in [0.2, 0.25) is 11.9 Å². The smallest absolute Gasteiger partial charge is 0.230 e. The highest BCUT2D eigenvalue weighted by molar-refractivity contribution is 5.92. The highest BCUT2D eigenvalue weighted by Crippen LogP contribution is 2.28. The van der Waals surface area contributed by atoms with Crippen LogP contribution in [0.4, 0.5) is 22.0 Å². The number of rotatable bonds is 4. The normalized spacial score (nSPS) is 15.9. The van der Waals surface area contributed by atoms with Gasteiger partial charge in [-0.1, -0.05) is 6.07 Å². The van der Waals surface area contributed by atoms with E-state index < -0.39 is 5.82 Å². The summed E-state index contributed by atoms with van der Waals surface area (Å²) in [7, 11) is 1.78. The van der Waals surface area contributed by atoms with E-state index in [1.165, 1.54) is 12.1 Å². The number of anilines is 3. The van der Waals surface area contributed by atoms with E-state index in [0.717, 1.165) is 18.5 Å². The average molecular weight is 434 g/mol. The fourth-order valence-electron chi connectivity index (χ4n) is 3.88. The molecular weight excluding hydrogens is 411 g/mol. The molecule has 3 N–H and O–H groups in total. The Morgan fingerprint density at radius 2 is 2.12 bits per heavy atom. The topological polar surface area (TPSA) is 126 Å². The number of aryl methyl sites for hydroxylation is 2. The zero-order valence-electron chi connectivity index (χ0n) is 17.8. The van der Waals surface area contributed by atoms with E-state index in [9.17, 15) is 9.18 Å². The number of nitrogens with two attached hydrogens (primary N) is 1. The van der Waals surface area contributed by atoms with Crippen molar-refractivity contribution in [2.24, 2.45) is 13.0 Å². The number of aromatic nitrogens is 4. The molecule has 1 aliphatic heterocycles. The van der Waals surface area contributed by atoms with Crippen LogP contribution in [0.1, 0.15) is 24.1 Å². The quantitative estimate of drug-likeness (QED) is 0.646. The van der Waals surface area contributed by atoms with Gasteiger partial charge in [0, 0.05) is 37.8 Å². The van der Waals surface area contributed by atoms with Crippen LogP contribution < -0.4 is 16.0 Å². The molecule has 3 heterocycles. The van der Waals surface area contributed by atoms with E-state index in [1.807, 2.05) is 17.9 Å². The maximum Gasteiger partial charge on any atom is 0.230 e. The Labute approximate surface area is 184 Å². The zero-order chi connectivity index (χ0) is 22.8. The monoisotopic (exact) mass is 434 g/mol. The first kappa shape index (κ1) is 21.2. The summed E-state index contributed by atoms with van der Waals surface area (Å²) in [5.74, 6) is 0.357. The first-order valence-corrected chi connectivity index (χ1v) is 10.2. The van der Waals surface area contributed by atoms with Crippen LogP contribution >= 0.6 is 0 Å². The summed E-state index contributed by atoms with van der Waals surface area (Å²) >= 11 is 0. The molecule has 0 bridgehead atoms. The molecule has 1 atom stereocenters.